The van der Waals surface area contributed by atoms with Crippen molar-refractivity contribution in [2.24, 2.45) is 0 Å². The third kappa shape index (κ3) is 1.75. The molecule has 0 bridgehead atoms. The van der Waals surface area contributed by atoms with Crippen LogP contribution in [-0.4, -0.2) is 9.38 Å². The van der Waals surface area contributed by atoms with Gasteiger partial charge in [0.05, 0.1) is 5.52 Å². The minimum Gasteiger partial charge on any atom is -0.299 e. The Kier molecular flexibility index (Phi) is 2.71. The average molecular weight is 301 g/mol. The summed E-state index contributed by atoms with van der Waals surface area (Å²) in [5.74, 6) is 0.981. The normalized spacial score (nSPS) is 11.1. The van der Waals surface area contributed by atoms with Gasteiger partial charge in [-0.25, -0.2) is 4.98 Å². The smallest absolute Gasteiger partial charge is 0.146 e. The largest absolute Gasteiger partial charge is 0.299 e. The zero-order valence-corrected chi connectivity index (χ0v) is 11.9. The topological polar surface area (TPSA) is 17.3 Å². The van der Waals surface area contributed by atoms with Gasteiger partial charge in [0.2, 0.25) is 0 Å². The molecule has 3 heteroatoms. The Morgan fingerprint density at radius 2 is 1.94 bits per heavy atom. The maximum absolute atomic E-state index is 4.63. The maximum Gasteiger partial charge on any atom is 0.146 e. The van der Waals surface area contributed by atoms with Crippen molar-refractivity contribution < 1.29 is 0 Å². The molecule has 0 spiro atoms. The van der Waals surface area contributed by atoms with Gasteiger partial charge in [0, 0.05) is 11.8 Å². The Hall–Kier alpha value is -1.61. The van der Waals surface area contributed by atoms with Crippen LogP contribution in [0.1, 0.15) is 11.1 Å². The van der Waals surface area contributed by atoms with Crippen molar-refractivity contribution in [3.8, 4) is 11.4 Å². The molecule has 0 aliphatic rings. The van der Waals surface area contributed by atoms with Crippen molar-refractivity contribution in [2.75, 3.05) is 0 Å². The lowest BCUT2D eigenvalue weighted by molar-refractivity contribution is 1.15. The first-order valence-electron chi connectivity index (χ1n) is 5.87. The van der Waals surface area contributed by atoms with Gasteiger partial charge in [-0.2, -0.15) is 0 Å². The van der Waals surface area contributed by atoms with E-state index in [1.807, 2.05) is 18.3 Å². The number of fused-ring (bicyclic) bond motifs is 1. The van der Waals surface area contributed by atoms with Crippen LogP contribution in [0.5, 0.6) is 0 Å². The first-order valence-corrected chi connectivity index (χ1v) is 6.66. The summed E-state index contributed by atoms with van der Waals surface area (Å²) in [5.41, 5.74) is 4.79. The van der Waals surface area contributed by atoms with Crippen molar-refractivity contribution in [3.63, 3.8) is 0 Å². The fourth-order valence-electron chi connectivity index (χ4n) is 2.25. The maximum atomic E-state index is 4.63. The lowest BCUT2D eigenvalue weighted by Crippen LogP contribution is -1.91. The zero-order valence-electron chi connectivity index (χ0n) is 10.3. The molecule has 0 unspecified atom stereocenters. The number of nitrogens with zero attached hydrogens (tertiary/aromatic N) is 2. The van der Waals surface area contributed by atoms with Gasteiger partial charge in [-0.15, -0.1) is 0 Å². The Bertz CT molecular complexity index is 728. The monoisotopic (exact) mass is 300 g/mol. The van der Waals surface area contributed by atoms with Gasteiger partial charge in [-0.3, -0.25) is 4.40 Å². The van der Waals surface area contributed by atoms with Gasteiger partial charge < -0.3 is 0 Å². The van der Waals surface area contributed by atoms with Crippen LogP contribution in [0.15, 0.2) is 47.2 Å². The lowest BCUT2D eigenvalue weighted by atomic mass is 10.1. The van der Waals surface area contributed by atoms with Crippen LogP contribution in [0.3, 0.4) is 0 Å². The minimum atomic E-state index is 0.887. The van der Waals surface area contributed by atoms with E-state index in [1.54, 1.807) is 0 Å². The summed E-state index contributed by atoms with van der Waals surface area (Å²) in [7, 11) is 0. The predicted molar refractivity (Wildman–Crippen MR) is 77.8 cm³/mol. The highest BCUT2D eigenvalue weighted by atomic mass is 79.9. The molecule has 0 amide bonds. The highest BCUT2D eigenvalue weighted by molar-refractivity contribution is 9.10. The molecule has 1 aromatic carbocycles. The number of aryl methyl sites for hydroxylation is 2. The van der Waals surface area contributed by atoms with E-state index in [0.717, 1.165) is 15.9 Å². The Labute approximate surface area is 114 Å². The predicted octanol–water partition coefficient (Wildman–Crippen LogP) is 4.38. The summed E-state index contributed by atoms with van der Waals surface area (Å²) < 4.78 is 3.00. The van der Waals surface area contributed by atoms with Crippen LogP contribution in [0, 0.1) is 13.8 Å². The first kappa shape index (κ1) is 11.5. The zero-order chi connectivity index (χ0) is 12.7. The van der Waals surface area contributed by atoms with E-state index in [-0.39, 0.29) is 0 Å². The number of imidazole rings is 1. The molecule has 0 atom stereocenters. The molecule has 0 radical (unpaired) electrons. The van der Waals surface area contributed by atoms with Crippen molar-refractivity contribution >= 4 is 21.4 Å². The van der Waals surface area contributed by atoms with E-state index < -0.39 is 0 Å². The number of pyridine rings is 1. The molecular formula is C15H13BrN2. The fraction of sp³-hybridized carbons (Fsp3) is 0.133. The lowest BCUT2D eigenvalue weighted by Gasteiger charge is -2.06. The molecule has 90 valence electrons. The van der Waals surface area contributed by atoms with Gasteiger partial charge in [0.25, 0.3) is 0 Å². The van der Waals surface area contributed by atoms with Crippen LogP contribution < -0.4 is 0 Å². The molecule has 2 nitrogen and oxygen atoms in total. The molecule has 18 heavy (non-hydrogen) atoms. The first-order chi connectivity index (χ1) is 8.66. The molecule has 0 saturated carbocycles. The van der Waals surface area contributed by atoms with Crippen LogP contribution in [-0.2, 0) is 0 Å². The fourth-order valence-corrected chi connectivity index (χ4v) is 2.75. The second kappa shape index (κ2) is 4.25. The standard InChI is InChI=1S/C15H13BrN2/c1-10-6-7-12(11(2)9-10)15-17-14(16)13-5-3-4-8-18(13)15/h3-9H,1-2H3. The summed E-state index contributed by atoms with van der Waals surface area (Å²) in [5, 5.41) is 0. The quantitative estimate of drug-likeness (QED) is 0.652. The molecule has 0 aliphatic carbocycles. The highest BCUT2D eigenvalue weighted by Crippen LogP contribution is 2.28. The third-order valence-electron chi connectivity index (χ3n) is 3.13. The van der Waals surface area contributed by atoms with E-state index in [9.17, 15) is 0 Å². The molecule has 0 aliphatic heterocycles. The number of benzene rings is 1. The van der Waals surface area contributed by atoms with Gasteiger partial charge in [-0.05, 0) is 47.5 Å². The van der Waals surface area contributed by atoms with Crippen molar-refractivity contribution in [2.45, 2.75) is 13.8 Å². The van der Waals surface area contributed by atoms with Gasteiger partial charge >= 0.3 is 0 Å². The summed E-state index contributed by atoms with van der Waals surface area (Å²) in [6, 6.07) is 12.6. The summed E-state index contributed by atoms with van der Waals surface area (Å²) in [4.78, 5) is 4.63. The highest BCUT2D eigenvalue weighted by Gasteiger charge is 2.11. The number of aromatic nitrogens is 2. The molecule has 2 aromatic heterocycles. The molecule has 0 fully saturated rings. The summed E-state index contributed by atoms with van der Waals surface area (Å²) in [6.45, 7) is 4.23. The van der Waals surface area contributed by atoms with E-state index in [2.05, 4.69) is 63.4 Å². The molecule has 0 N–H and O–H groups in total. The number of rotatable bonds is 1. The Morgan fingerprint density at radius 1 is 1.11 bits per heavy atom. The number of halogens is 1. The van der Waals surface area contributed by atoms with Crippen molar-refractivity contribution in [1.82, 2.24) is 9.38 Å². The number of hydrogen-bond donors (Lipinski definition) is 0. The summed E-state index contributed by atoms with van der Waals surface area (Å²) in [6.07, 6.45) is 2.04. The SMILES string of the molecule is Cc1ccc(-c2nc(Br)c3ccccn23)c(C)c1. The van der Waals surface area contributed by atoms with E-state index >= 15 is 0 Å². The van der Waals surface area contributed by atoms with Crippen LogP contribution in [0.4, 0.5) is 0 Å². The van der Waals surface area contributed by atoms with Crippen molar-refractivity contribution in [1.29, 1.82) is 0 Å². The van der Waals surface area contributed by atoms with Crippen LogP contribution in [0.25, 0.3) is 16.9 Å². The van der Waals surface area contributed by atoms with E-state index in [1.165, 1.54) is 16.7 Å². The Balaban J connectivity index is 2.32. The molecule has 2 heterocycles. The second-order valence-electron chi connectivity index (χ2n) is 4.50. The van der Waals surface area contributed by atoms with Gasteiger partial charge in [0.1, 0.15) is 10.4 Å². The van der Waals surface area contributed by atoms with E-state index in [0.29, 0.717) is 0 Å². The van der Waals surface area contributed by atoms with Crippen LogP contribution in [0.2, 0.25) is 0 Å². The van der Waals surface area contributed by atoms with Crippen LogP contribution >= 0.6 is 15.9 Å². The second-order valence-corrected chi connectivity index (χ2v) is 5.25. The van der Waals surface area contributed by atoms with Gasteiger partial charge in [0.15, 0.2) is 0 Å². The van der Waals surface area contributed by atoms with Gasteiger partial charge in [-0.1, -0.05) is 29.8 Å². The molecule has 0 saturated heterocycles. The van der Waals surface area contributed by atoms with E-state index in [4.69, 9.17) is 0 Å². The molecular weight excluding hydrogens is 288 g/mol. The Morgan fingerprint density at radius 3 is 2.72 bits per heavy atom. The number of hydrogen-bond acceptors (Lipinski definition) is 1. The third-order valence-corrected chi connectivity index (χ3v) is 3.71. The summed E-state index contributed by atoms with van der Waals surface area (Å²) >= 11 is 3.52. The van der Waals surface area contributed by atoms with Crippen molar-refractivity contribution in [3.05, 3.63) is 58.3 Å². The molecule has 3 rings (SSSR count). The average Bonchev–Trinajstić information content (AvgIpc) is 2.68. The molecule has 3 aromatic rings. The minimum absolute atomic E-state index is 0.887.